The maximum Gasteiger partial charge on any atom is 0.260 e. The Kier molecular flexibility index (Phi) is 14.9. The van der Waals surface area contributed by atoms with E-state index in [1.54, 1.807) is 25.1 Å². The number of allylic oxidation sites excluding steroid dienone is 4. The fourth-order valence-corrected chi connectivity index (χ4v) is 4.91. The number of thiocarbonyl (C=S) groups is 1. The average molecular weight is 592 g/mol. The van der Waals surface area contributed by atoms with Gasteiger partial charge in [-0.2, -0.15) is 0 Å². The van der Waals surface area contributed by atoms with Gasteiger partial charge in [0.15, 0.2) is 11.5 Å². The van der Waals surface area contributed by atoms with Gasteiger partial charge in [0.05, 0.1) is 18.1 Å². The van der Waals surface area contributed by atoms with Crippen LogP contribution in [0.25, 0.3) is 6.08 Å². The normalized spacial score (nSPS) is 13.4. The lowest BCUT2D eigenvalue weighted by molar-refractivity contribution is -0.124. The Morgan fingerprint density at radius 1 is 1.15 bits per heavy atom. The van der Waals surface area contributed by atoms with Gasteiger partial charge in [0.1, 0.15) is 6.10 Å². The Hall–Kier alpha value is -3.39. The number of carbonyl (C=O) groups excluding carboxylic acids is 1. The fourth-order valence-electron chi connectivity index (χ4n) is 4.03. The van der Waals surface area contributed by atoms with E-state index in [-0.39, 0.29) is 17.9 Å². The number of nitrogens with zero attached hydrogens (tertiary/aromatic N) is 1. The van der Waals surface area contributed by atoms with Crippen LogP contribution in [0.5, 0.6) is 11.5 Å². The molecule has 0 bridgehead atoms. The summed E-state index contributed by atoms with van der Waals surface area (Å²) in [4.78, 5) is 15.3. The minimum atomic E-state index is -0.363. The molecule has 0 aromatic heterocycles. The van der Waals surface area contributed by atoms with Crippen molar-refractivity contribution < 1.29 is 19.0 Å². The van der Waals surface area contributed by atoms with Crippen LogP contribution >= 0.6 is 24.0 Å². The van der Waals surface area contributed by atoms with E-state index < -0.39 is 0 Å². The predicted octanol–water partition coefficient (Wildman–Crippen LogP) is 8.22. The van der Waals surface area contributed by atoms with Gasteiger partial charge in [-0.25, -0.2) is 0 Å². The van der Waals surface area contributed by atoms with Gasteiger partial charge >= 0.3 is 0 Å². The molecule has 1 amide bonds. The van der Waals surface area contributed by atoms with E-state index in [0.717, 1.165) is 22.3 Å². The zero-order chi connectivity index (χ0) is 30.2. The van der Waals surface area contributed by atoms with Crippen LogP contribution in [-0.2, 0) is 9.53 Å². The molecule has 41 heavy (non-hydrogen) atoms. The molecule has 0 saturated heterocycles. The van der Waals surface area contributed by atoms with Crippen LogP contribution in [0.3, 0.4) is 0 Å². The molecule has 0 heterocycles. The summed E-state index contributed by atoms with van der Waals surface area (Å²) >= 11 is 6.28. The molecule has 0 radical (unpaired) electrons. The van der Waals surface area contributed by atoms with Crippen LogP contribution < -0.4 is 9.47 Å². The molecule has 0 N–H and O–H groups in total. The third-order valence-corrected chi connectivity index (χ3v) is 6.92. The fraction of sp³-hybridized carbons (Fsp3) is 0.294. The number of likely N-dealkylation sites (N-methyl/N-ethyl adjacent to an activating group) is 1. The third-order valence-electron chi connectivity index (χ3n) is 5.99. The molecule has 7 heteroatoms. The first-order valence-electron chi connectivity index (χ1n) is 13.4. The number of ether oxygens (including phenoxy) is 3. The maximum absolute atomic E-state index is 13.2. The Bertz CT molecular complexity index is 1270. The summed E-state index contributed by atoms with van der Waals surface area (Å²) in [5.41, 5.74) is 3.77. The number of amides is 1. The lowest BCUT2D eigenvalue weighted by Gasteiger charge is -2.22. The van der Waals surface area contributed by atoms with Gasteiger partial charge < -0.3 is 19.1 Å². The zero-order valence-electron chi connectivity index (χ0n) is 24.7. The predicted molar refractivity (Wildman–Crippen MR) is 178 cm³/mol. The molecule has 2 aromatic carbocycles. The topological polar surface area (TPSA) is 48.0 Å². The second kappa shape index (κ2) is 18.1. The Morgan fingerprint density at radius 3 is 2.49 bits per heavy atom. The summed E-state index contributed by atoms with van der Waals surface area (Å²) in [6.45, 7) is 15.0. The Balaban J connectivity index is 2.50. The summed E-state index contributed by atoms with van der Waals surface area (Å²) in [5, 5.41) is 0. The van der Waals surface area contributed by atoms with Crippen molar-refractivity contribution in [3.05, 3.63) is 113 Å². The molecule has 2 atom stereocenters. The van der Waals surface area contributed by atoms with Gasteiger partial charge in [-0.1, -0.05) is 110 Å². The van der Waals surface area contributed by atoms with E-state index in [2.05, 4.69) is 26.2 Å². The monoisotopic (exact) mass is 591 g/mol. The number of hydrogen-bond donors (Lipinski definition) is 0. The highest BCUT2D eigenvalue weighted by atomic mass is 32.2. The van der Waals surface area contributed by atoms with E-state index >= 15 is 0 Å². The minimum absolute atomic E-state index is 0.118. The number of benzene rings is 2. The quantitative estimate of drug-likeness (QED) is 0.0800. The number of carbonyl (C=O) groups is 1. The van der Waals surface area contributed by atoms with Crippen LogP contribution in [-0.4, -0.2) is 49.4 Å². The van der Waals surface area contributed by atoms with E-state index in [4.69, 9.17) is 26.4 Å². The molecule has 2 rings (SSSR count). The minimum Gasteiger partial charge on any atom is -0.489 e. The van der Waals surface area contributed by atoms with Gasteiger partial charge in [-0.05, 0) is 48.8 Å². The number of hydrogen-bond acceptors (Lipinski definition) is 6. The van der Waals surface area contributed by atoms with Crippen molar-refractivity contribution in [3.8, 4) is 11.5 Å². The zero-order valence-corrected chi connectivity index (χ0v) is 26.3. The average Bonchev–Trinajstić information content (AvgIpc) is 2.95. The highest BCUT2D eigenvalue weighted by molar-refractivity contribution is 8.24. The second-order valence-electron chi connectivity index (χ2n) is 9.63. The summed E-state index contributed by atoms with van der Waals surface area (Å²) in [6, 6.07) is 15.6. The van der Waals surface area contributed by atoms with Gasteiger partial charge in [0.25, 0.3) is 5.91 Å². The van der Waals surface area contributed by atoms with E-state index in [1.807, 2.05) is 80.6 Å². The lowest BCUT2D eigenvalue weighted by Crippen LogP contribution is -2.28. The number of rotatable bonds is 17. The lowest BCUT2D eigenvalue weighted by atomic mass is 10.0. The molecular formula is C34H41NO4S2. The molecule has 2 unspecified atom stereocenters. The molecule has 0 aliphatic rings. The Labute approximate surface area is 255 Å². The molecule has 218 valence electrons. The smallest absolute Gasteiger partial charge is 0.260 e. The summed E-state index contributed by atoms with van der Waals surface area (Å²) < 4.78 is 19.8. The molecular weight excluding hydrogens is 551 g/mol. The maximum atomic E-state index is 13.2. The largest absolute Gasteiger partial charge is 0.489 e. The van der Waals surface area contributed by atoms with Crippen molar-refractivity contribution in [2.75, 3.05) is 33.9 Å². The van der Waals surface area contributed by atoms with Gasteiger partial charge in [0, 0.05) is 31.3 Å². The molecule has 0 fully saturated rings. The molecule has 2 aromatic rings. The highest BCUT2D eigenvalue weighted by Crippen LogP contribution is 2.35. The highest BCUT2D eigenvalue weighted by Gasteiger charge is 2.19. The summed E-state index contributed by atoms with van der Waals surface area (Å²) in [6.07, 6.45) is 9.28. The van der Waals surface area contributed by atoms with Crippen LogP contribution in [0.15, 0.2) is 102 Å². The first kappa shape index (κ1) is 33.8. The van der Waals surface area contributed by atoms with Gasteiger partial charge in [0.2, 0.25) is 0 Å². The SMILES string of the molecule is C=C/C=C(\C=C/C)C(C)COc1ccc(/C=C(\SC=S)C(=O)N(C)CC(=C)C)cc1OC(COC)c1ccccc1. The van der Waals surface area contributed by atoms with Crippen molar-refractivity contribution in [3.63, 3.8) is 0 Å². The third kappa shape index (κ3) is 11.2. The van der Waals surface area contributed by atoms with Gasteiger partial charge in [-0.15, -0.1) is 0 Å². The van der Waals surface area contributed by atoms with E-state index in [1.165, 1.54) is 16.5 Å². The van der Waals surface area contributed by atoms with Crippen LogP contribution in [0.4, 0.5) is 0 Å². The van der Waals surface area contributed by atoms with Crippen molar-refractivity contribution in [1.82, 2.24) is 4.90 Å². The van der Waals surface area contributed by atoms with Crippen molar-refractivity contribution in [1.29, 1.82) is 0 Å². The van der Waals surface area contributed by atoms with Gasteiger partial charge in [-0.3, -0.25) is 4.79 Å². The molecule has 0 spiro atoms. The van der Waals surface area contributed by atoms with Crippen LogP contribution in [0, 0.1) is 5.92 Å². The first-order chi connectivity index (χ1) is 19.7. The van der Waals surface area contributed by atoms with Crippen molar-refractivity contribution in [2.45, 2.75) is 26.9 Å². The molecule has 0 aliphatic heterocycles. The summed E-state index contributed by atoms with van der Waals surface area (Å²) in [7, 11) is 3.40. The molecule has 0 saturated carbocycles. The standard InChI is InChI=1S/C34H41NO4S2/c1-8-13-28(14-9-2)26(5)22-38-30-18-17-27(20-33(41-24-40)34(36)35(6)21-25(3)4)19-31(30)39-32(23-37-7)29-15-11-10-12-16-29/h8-20,24,26,32H,1,3,21-23H2,2,4-7H3/b14-9-,28-13+,33-20-. The molecule has 0 aliphatic carbocycles. The molecule has 5 nitrogen and oxygen atoms in total. The second-order valence-corrected chi connectivity index (χ2v) is 11.1. The summed E-state index contributed by atoms with van der Waals surface area (Å²) in [5.74, 6) is 1.13. The van der Waals surface area contributed by atoms with Crippen molar-refractivity contribution >= 4 is 40.7 Å². The van der Waals surface area contributed by atoms with Crippen LogP contribution in [0.1, 0.15) is 38.0 Å². The Morgan fingerprint density at radius 2 is 1.88 bits per heavy atom. The number of thioether (sulfide) groups is 1. The first-order valence-corrected chi connectivity index (χ1v) is 14.7. The number of methoxy groups -OCH3 is 1. The van der Waals surface area contributed by atoms with E-state index in [0.29, 0.717) is 36.2 Å². The van der Waals surface area contributed by atoms with E-state index in [9.17, 15) is 4.79 Å². The van der Waals surface area contributed by atoms with Crippen LogP contribution in [0.2, 0.25) is 0 Å². The van der Waals surface area contributed by atoms with Crippen molar-refractivity contribution in [2.24, 2.45) is 5.92 Å².